The van der Waals surface area contributed by atoms with Crippen molar-refractivity contribution in [2.24, 2.45) is 10.8 Å². The maximum absolute atomic E-state index is 12.8. The third-order valence-electron chi connectivity index (χ3n) is 4.54. The molecule has 1 unspecified atom stereocenters. The molecular weight excluding hydrogens is 330 g/mol. The van der Waals surface area contributed by atoms with Gasteiger partial charge in [0, 0.05) is 11.3 Å². The molecule has 0 radical (unpaired) electrons. The highest BCUT2D eigenvalue weighted by molar-refractivity contribution is 6.06. The number of unbranched alkanes of at least 4 members (excludes halogenated alkanes) is 2. The van der Waals surface area contributed by atoms with Crippen LogP contribution >= 0.6 is 0 Å². The van der Waals surface area contributed by atoms with E-state index in [4.69, 9.17) is 9.47 Å². The van der Waals surface area contributed by atoms with Crippen LogP contribution in [0.1, 0.15) is 60.3 Å². The van der Waals surface area contributed by atoms with E-state index in [1.54, 1.807) is 13.8 Å². The van der Waals surface area contributed by atoms with Gasteiger partial charge in [0.05, 0.1) is 13.2 Å². The summed E-state index contributed by atoms with van der Waals surface area (Å²) in [5, 5.41) is 11.2. The SMILES string of the molecule is CCCCCC(=O)C(C)(C[N+](=O)[O-])C(C)(C(=O)OCC)C(=O)OCC. The summed E-state index contributed by atoms with van der Waals surface area (Å²) in [6.45, 7) is 6.64. The van der Waals surface area contributed by atoms with Gasteiger partial charge < -0.3 is 9.47 Å². The number of ether oxygens (including phenoxy) is 2. The number of nitro groups is 1. The molecule has 0 aromatic rings. The second-order valence-electron chi connectivity index (χ2n) is 6.27. The van der Waals surface area contributed by atoms with Crippen LogP contribution in [0.5, 0.6) is 0 Å². The first kappa shape index (κ1) is 23.0. The van der Waals surface area contributed by atoms with Crippen molar-refractivity contribution >= 4 is 17.7 Å². The number of carbonyl (C=O) groups is 3. The maximum Gasteiger partial charge on any atom is 0.324 e. The monoisotopic (exact) mass is 359 g/mol. The molecule has 8 heteroatoms. The second kappa shape index (κ2) is 10.1. The fourth-order valence-electron chi connectivity index (χ4n) is 2.68. The van der Waals surface area contributed by atoms with Gasteiger partial charge in [0.2, 0.25) is 6.54 Å². The van der Waals surface area contributed by atoms with Gasteiger partial charge in [-0.05, 0) is 34.1 Å². The lowest BCUT2D eigenvalue weighted by atomic mass is 9.62. The molecule has 0 saturated carbocycles. The van der Waals surface area contributed by atoms with Crippen LogP contribution in [-0.4, -0.2) is 42.4 Å². The van der Waals surface area contributed by atoms with Gasteiger partial charge >= 0.3 is 11.9 Å². The molecule has 144 valence electrons. The van der Waals surface area contributed by atoms with Crippen LogP contribution in [0.4, 0.5) is 0 Å². The summed E-state index contributed by atoms with van der Waals surface area (Å²) in [5.41, 5.74) is -3.95. The number of Topliss-reactive ketones (excluding diaryl/α,β-unsaturated/α-hetero) is 1. The van der Waals surface area contributed by atoms with Crippen molar-refractivity contribution < 1.29 is 28.8 Å². The molecule has 0 aliphatic heterocycles. The maximum atomic E-state index is 12.8. The molecular formula is C17H29NO7. The Bertz CT molecular complexity index is 485. The Balaban J connectivity index is 6.06. The van der Waals surface area contributed by atoms with Crippen molar-refractivity contribution in [2.75, 3.05) is 19.8 Å². The van der Waals surface area contributed by atoms with Crippen LogP contribution in [0.3, 0.4) is 0 Å². The highest BCUT2D eigenvalue weighted by atomic mass is 16.6. The van der Waals surface area contributed by atoms with E-state index in [0.717, 1.165) is 12.8 Å². The molecule has 0 fully saturated rings. The quantitative estimate of drug-likeness (QED) is 0.173. The molecule has 0 rings (SSSR count). The highest BCUT2D eigenvalue weighted by Gasteiger charge is 2.64. The number of ketones is 1. The van der Waals surface area contributed by atoms with E-state index >= 15 is 0 Å². The Kier molecular flexibility index (Phi) is 9.30. The first-order valence-electron chi connectivity index (χ1n) is 8.61. The largest absolute Gasteiger partial charge is 0.465 e. The van der Waals surface area contributed by atoms with Gasteiger partial charge in [0.25, 0.3) is 0 Å². The molecule has 0 spiro atoms. The molecule has 0 amide bonds. The van der Waals surface area contributed by atoms with Crippen LogP contribution in [-0.2, 0) is 23.9 Å². The molecule has 0 aliphatic rings. The number of nitrogens with zero attached hydrogens (tertiary/aromatic N) is 1. The lowest BCUT2D eigenvalue weighted by Gasteiger charge is -2.38. The minimum absolute atomic E-state index is 0.0214. The lowest BCUT2D eigenvalue weighted by Crippen LogP contribution is -2.58. The van der Waals surface area contributed by atoms with Gasteiger partial charge in [-0.3, -0.25) is 24.5 Å². The zero-order chi connectivity index (χ0) is 19.7. The summed E-state index contributed by atoms with van der Waals surface area (Å²) >= 11 is 0. The fourth-order valence-corrected chi connectivity index (χ4v) is 2.68. The average Bonchev–Trinajstić information content (AvgIpc) is 2.53. The van der Waals surface area contributed by atoms with Crippen molar-refractivity contribution in [1.29, 1.82) is 0 Å². The number of hydrogen-bond acceptors (Lipinski definition) is 7. The molecule has 0 aromatic heterocycles. The van der Waals surface area contributed by atoms with E-state index in [2.05, 4.69) is 0 Å². The van der Waals surface area contributed by atoms with Crippen molar-refractivity contribution in [1.82, 2.24) is 0 Å². The second-order valence-corrected chi connectivity index (χ2v) is 6.27. The van der Waals surface area contributed by atoms with E-state index in [9.17, 15) is 24.5 Å². The van der Waals surface area contributed by atoms with Crippen LogP contribution in [0.2, 0.25) is 0 Å². The van der Waals surface area contributed by atoms with E-state index in [1.807, 2.05) is 6.92 Å². The number of carbonyl (C=O) groups excluding carboxylic acids is 3. The molecule has 25 heavy (non-hydrogen) atoms. The predicted molar refractivity (Wildman–Crippen MR) is 90.5 cm³/mol. The van der Waals surface area contributed by atoms with Crippen molar-refractivity contribution in [3.8, 4) is 0 Å². The predicted octanol–water partition coefficient (Wildman–Crippen LogP) is 2.55. The van der Waals surface area contributed by atoms with Crippen molar-refractivity contribution in [2.45, 2.75) is 60.3 Å². The van der Waals surface area contributed by atoms with Crippen molar-refractivity contribution in [3.63, 3.8) is 0 Å². The van der Waals surface area contributed by atoms with Gasteiger partial charge in [0.1, 0.15) is 11.2 Å². The Morgan fingerprint density at radius 3 is 1.80 bits per heavy atom. The molecule has 0 bridgehead atoms. The Hall–Kier alpha value is -1.99. The van der Waals surface area contributed by atoms with Crippen LogP contribution in [0.25, 0.3) is 0 Å². The zero-order valence-corrected chi connectivity index (χ0v) is 15.8. The molecule has 0 heterocycles. The van der Waals surface area contributed by atoms with Gasteiger partial charge in [0.15, 0.2) is 5.41 Å². The standard InChI is InChI=1S/C17H29NO7/c1-6-9-10-11-13(19)16(4,12-18(22)23)17(5,14(20)24-7-2)15(21)25-8-3/h6-12H2,1-5H3. The number of esters is 2. The molecule has 0 aliphatic carbocycles. The summed E-state index contributed by atoms with van der Waals surface area (Å²) in [7, 11) is 0. The van der Waals surface area contributed by atoms with Crippen LogP contribution in [0.15, 0.2) is 0 Å². The lowest BCUT2D eigenvalue weighted by molar-refractivity contribution is -0.496. The van der Waals surface area contributed by atoms with E-state index in [0.29, 0.717) is 6.42 Å². The minimum atomic E-state index is -2.09. The third kappa shape index (κ3) is 5.24. The molecule has 0 aromatic carbocycles. The summed E-state index contributed by atoms with van der Waals surface area (Å²) in [5.74, 6) is -2.48. The normalized spacial score (nSPS) is 13.6. The molecule has 1 atom stereocenters. The zero-order valence-electron chi connectivity index (χ0n) is 15.8. The van der Waals surface area contributed by atoms with Gasteiger partial charge in [-0.15, -0.1) is 0 Å². The molecule has 8 nitrogen and oxygen atoms in total. The Morgan fingerprint density at radius 1 is 0.960 bits per heavy atom. The average molecular weight is 359 g/mol. The topological polar surface area (TPSA) is 113 Å². The summed E-state index contributed by atoms with van der Waals surface area (Å²) in [4.78, 5) is 48.4. The first-order valence-corrected chi connectivity index (χ1v) is 8.61. The Labute approximate surface area is 148 Å². The first-order chi connectivity index (χ1) is 11.6. The summed E-state index contributed by atoms with van der Waals surface area (Å²) in [6.07, 6.45) is 2.22. The van der Waals surface area contributed by atoms with Crippen molar-refractivity contribution in [3.05, 3.63) is 10.1 Å². The summed E-state index contributed by atoms with van der Waals surface area (Å²) < 4.78 is 9.93. The van der Waals surface area contributed by atoms with E-state index in [1.165, 1.54) is 13.8 Å². The summed E-state index contributed by atoms with van der Waals surface area (Å²) in [6, 6.07) is 0. The van der Waals surface area contributed by atoms with Crippen LogP contribution in [0, 0.1) is 20.9 Å². The van der Waals surface area contributed by atoms with E-state index < -0.39 is 40.0 Å². The van der Waals surface area contributed by atoms with Crippen LogP contribution < -0.4 is 0 Å². The van der Waals surface area contributed by atoms with Gasteiger partial charge in [-0.2, -0.15) is 0 Å². The van der Waals surface area contributed by atoms with E-state index in [-0.39, 0.29) is 19.6 Å². The smallest absolute Gasteiger partial charge is 0.324 e. The fraction of sp³-hybridized carbons (Fsp3) is 0.824. The number of rotatable bonds is 12. The minimum Gasteiger partial charge on any atom is -0.465 e. The Morgan fingerprint density at radius 2 is 1.44 bits per heavy atom. The van der Waals surface area contributed by atoms with Gasteiger partial charge in [-0.25, -0.2) is 0 Å². The highest BCUT2D eigenvalue weighted by Crippen LogP contribution is 2.44. The molecule has 0 saturated heterocycles. The van der Waals surface area contributed by atoms with Gasteiger partial charge in [-0.1, -0.05) is 19.8 Å². The molecule has 0 N–H and O–H groups in total. The third-order valence-corrected chi connectivity index (χ3v) is 4.54. The number of hydrogen-bond donors (Lipinski definition) is 0.